The second-order valence-electron chi connectivity index (χ2n) is 15.6. The van der Waals surface area contributed by atoms with Crippen LogP contribution in [0.25, 0.3) is 16.6 Å². The Morgan fingerprint density at radius 1 is 1.12 bits per heavy atom. The minimum absolute atomic E-state index is 0.0102. The number of nitrogens with zero attached hydrogens (tertiary/aromatic N) is 4. The van der Waals surface area contributed by atoms with Gasteiger partial charge in [0.05, 0.1) is 25.5 Å². The summed E-state index contributed by atoms with van der Waals surface area (Å²) < 4.78 is 52.7. The molecule has 4 amide bonds. The Morgan fingerprint density at radius 3 is 2.64 bits per heavy atom. The fourth-order valence-electron chi connectivity index (χ4n) is 7.10. The monoisotopic (exact) mass is 793 g/mol. The summed E-state index contributed by atoms with van der Waals surface area (Å²) in [7, 11) is -2.37. The third-order valence-electron chi connectivity index (χ3n) is 10.2. The molecule has 2 aromatic heterocycles. The van der Waals surface area contributed by atoms with Crippen LogP contribution in [0.15, 0.2) is 54.9 Å². The number of carbonyl (C=O) groups excluding carboxylic acids is 4. The number of benzene rings is 1. The molecule has 56 heavy (non-hydrogen) atoms. The van der Waals surface area contributed by atoms with Gasteiger partial charge in [0.15, 0.2) is 5.82 Å². The van der Waals surface area contributed by atoms with Crippen molar-refractivity contribution < 1.29 is 46.5 Å². The lowest BCUT2D eigenvalue weighted by molar-refractivity contribution is -0.141. The average Bonchev–Trinajstić information content (AvgIpc) is 4.00. The van der Waals surface area contributed by atoms with Crippen LogP contribution in [0.2, 0.25) is 0 Å². The molecule has 2 aliphatic heterocycles. The zero-order chi connectivity index (χ0) is 39.8. The molecule has 3 aromatic rings. The summed E-state index contributed by atoms with van der Waals surface area (Å²) in [6.45, 7) is 5.48. The average molecular weight is 794 g/mol. The number of pyridine rings is 1. The van der Waals surface area contributed by atoms with E-state index in [0.717, 1.165) is 5.39 Å². The maximum atomic E-state index is 14.5. The first-order valence-corrected chi connectivity index (χ1v) is 20.3. The van der Waals surface area contributed by atoms with Crippen molar-refractivity contribution in [1.82, 2.24) is 35.0 Å². The number of amides is 4. The summed E-state index contributed by atoms with van der Waals surface area (Å²) >= 11 is 0. The van der Waals surface area contributed by atoms with Gasteiger partial charge in [-0.1, -0.05) is 12.2 Å². The van der Waals surface area contributed by atoms with Crippen LogP contribution >= 0.6 is 0 Å². The maximum absolute atomic E-state index is 14.5. The van der Waals surface area contributed by atoms with E-state index in [0.29, 0.717) is 36.2 Å². The van der Waals surface area contributed by atoms with E-state index in [4.69, 9.17) is 23.9 Å². The standard InChI is InChI=1S/C38H47N7O10S/c1-37(2,3)55-36(49)40-29-9-6-17-53-16-5-8-24-21-38(24,35(48)43-56(50,51)27-11-12-27)42-32(46)30-20-26(22-44(30)34(29)47)54-33-28-13-10-25(52-4)18-23(28)19-31(41-33)45-15-7-14-39-45/h5,7-8,10,13-15,18-19,24,26-27,29-30H,6,9,11-12,16-17,20-22H2,1-4H3,(H,40,49)(H,42,46)(H,43,48)/t24?,26?,29-,30-,38+/m0/s1. The lowest BCUT2D eigenvalue weighted by Crippen LogP contribution is -2.58. The fourth-order valence-corrected chi connectivity index (χ4v) is 8.46. The number of sulfonamides is 1. The molecule has 4 aliphatic rings. The number of aromatic nitrogens is 3. The summed E-state index contributed by atoms with van der Waals surface area (Å²) in [5, 5.41) is 10.6. The molecule has 0 bridgehead atoms. The predicted molar refractivity (Wildman–Crippen MR) is 201 cm³/mol. The zero-order valence-electron chi connectivity index (χ0n) is 31.7. The van der Waals surface area contributed by atoms with E-state index in [-0.39, 0.29) is 44.9 Å². The SMILES string of the molecule is COc1ccc2c(OC3C[C@H]4C(=O)N[C@]5(C(=O)NS(=O)(=O)C6CC6)CC5C=CCOCCC[C@H](NC(=O)OC(C)(C)C)C(=O)N4C3)nc(-n3cccn3)cc2c1. The Hall–Kier alpha value is -5.23. The summed E-state index contributed by atoms with van der Waals surface area (Å²) in [6, 6.07) is 6.71. The van der Waals surface area contributed by atoms with Crippen LogP contribution in [0.3, 0.4) is 0 Å². The van der Waals surface area contributed by atoms with Gasteiger partial charge in [-0.3, -0.25) is 19.1 Å². The summed E-state index contributed by atoms with van der Waals surface area (Å²) in [5.74, 6) is -1.30. The van der Waals surface area contributed by atoms with E-state index in [1.54, 1.807) is 75.3 Å². The lowest BCUT2D eigenvalue weighted by Gasteiger charge is -2.30. The molecule has 2 aliphatic carbocycles. The van der Waals surface area contributed by atoms with Crippen LogP contribution in [0.1, 0.15) is 59.3 Å². The van der Waals surface area contributed by atoms with Crippen molar-refractivity contribution in [2.75, 3.05) is 26.9 Å². The minimum Gasteiger partial charge on any atom is -0.497 e. The third-order valence-corrected chi connectivity index (χ3v) is 12.0. The number of nitrogens with one attached hydrogen (secondary N) is 3. The van der Waals surface area contributed by atoms with Gasteiger partial charge in [0.25, 0.3) is 5.91 Å². The maximum Gasteiger partial charge on any atom is 0.408 e. The first-order valence-electron chi connectivity index (χ1n) is 18.7. The molecule has 17 nitrogen and oxygen atoms in total. The molecular weight excluding hydrogens is 747 g/mol. The van der Waals surface area contributed by atoms with Crippen LogP contribution < -0.4 is 24.8 Å². The predicted octanol–water partition coefficient (Wildman–Crippen LogP) is 2.52. The summed E-state index contributed by atoms with van der Waals surface area (Å²) in [4.78, 5) is 61.9. The van der Waals surface area contributed by atoms with Crippen molar-refractivity contribution in [3.05, 3.63) is 54.9 Å². The van der Waals surface area contributed by atoms with Crippen molar-refractivity contribution in [2.45, 2.75) is 93.9 Å². The number of methoxy groups -OCH3 is 1. The van der Waals surface area contributed by atoms with Crippen LogP contribution in [0.5, 0.6) is 11.6 Å². The normalized spacial score (nSPS) is 25.9. The summed E-state index contributed by atoms with van der Waals surface area (Å²) in [6.07, 6.45) is 6.82. The zero-order valence-corrected chi connectivity index (χ0v) is 32.5. The number of ether oxygens (including phenoxy) is 4. The molecule has 2 unspecified atom stereocenters. The third kappa shape index (κ3) is 8.60. The second kappa shape index (κ2) is 15.4. The van der Waals surface area contributed by atoms with Crippen LogP contribution in [-0.2, 0) is 33.9 Å². The second-order valence-corrected chi connectivity index (χ2v) is 17.6. The van der Waals surface area contributed by atoms with Gasteiger partial charge in [-0.25, -0.2) is 17.9 Å². The molecule has 18 heteroatoms. The number of fused-ring (bicyclic) bond motifs is 3. The molecule has 3 N–H and O–H groups in total. The van der Waals surface area contributed by atoms with E-state index in [2.05, 4.69) is 20.5 Å². The molecular formula is C38H47N7O10S. The molecule has 3 fully saturated rings. The Kier molecular flexibility index (Phi) is 10.7. The van der Waals surface area contributed by atoms with E-state index in [1.807, 2.05) is 12.1 Å². The van der Waals surface area contributed by atoms with Gasteiger partial charge in [0.1, 0.15) is 35.1 Å². The number of hydrogen-bond donors (Lipinski definition) is 3. The Morgan fingerprint density at radius 2 is 1.93 bits per heavy atom. The number of alkyl carbamates (subject to hydrolysis) is 1. The van der Waals surface area contributed by atoms with E-state index >= 15 is 0 Å². The van der Waals surface area contributed by atoms with Gasteiger partial charge in [-0.05, 0) is 88.6 Å². The van der Waals surface area contributed by atoms with Crippen molar-refractivity contribution >= 4 is 44.6 Å². The Bertz CT molecular complexity index is 2130. The Labute approximate surface area is 324 Å². The van der Waals surface area contributed by atoms with Crippen LogP contribution in [0.4, 0.5) is 4.79 Å². The molecule has 300 valence electrons. The van der Waals surface area contributed by atoms with Crippen molar-refractivity contribution in [3.63, 3.8) is 0 Å². The number of rotatable bonds is 8. The molecule has 1 aromatic carbocycles. The highest BCUT2D eigenvalue weighted by Gasteiger charge is 2.62. The topological polar surface area (TPSA) is 209 Å². The summed E-state index contributed by atoms with van der Waals surface area (Å²) in [5.41, 5.74) is -2.42. The molecule has 5 atom stereocenters. The van der Waals surface area contributed by atoms with Gasteiger partial charge in [0, 0.05) is 36.7 Å². The van der Waals surface area contributed by atoms with Gasteiger partial charge in [-0.2, -0.15) is 10.1 Å². The van der Waals surface area contributed by atoms with Gasteiger partial charge >= 0.3 is 6.09 Å². The van der Waals surface area contributed by atoms with E-state index < -0.39 is 74.3 Å². The molecule has 0 spiro atoms. The first kappa shape index (κ1) is 39.0. The lowest BCUT2D eigenvalue weighted by atomic mass is 10.1. The van der Waals surface area contributed by atoms with Crippen molar-refractivity contribution in [3.8, 4) is 17.4 Å². The molecule has 7 rings (SSSR count). The first-order chi connectivity index (χ1) is 26.7. The molecule has 0 radical (unpaired) electrons. The van der Waals surface area contributed by atoms with E-state index in [1.165, 1.54) is 4.90 Å². The quantitative estimate of drug-likeness (QED) is 0.281. The number of carbonyl (C=O) groups is 4. The smallest absolute Gasteiger partial charge is 0.408 e. The fraction of sp³-hybridized carbons (Fsp3) is 0.526. The molecule has 1 saturated heterocycles. The highest BCUT2D eigenvalue weighted by atomic mass is 32.2. The van der Waals surface area contributed by atoms with Gasteiger partial charge in [-0.15, -0.1) is 0 Å². The van der Waals surface area contributed by atoms with Gasteiger partial charge < -0.3 is 34.5 Å². The Balaban J connectivity index is 1.22. The highest BCUT2D eigenvalue weighted by molar-refractivity contribution is 7.91. The largest absolute Gasteiger partial charge is 0.497 e. The molecule has 4 heterocycles. The highest BCUT2D eigenvalue weighted by Crippen LogP contribution is 2.46. The van der Waals surface area contributed by atoms with E-state index in [9.17, 15) is 27.6 Å². The molecule has 2 saturated carbocycles. The van der Waals surface area contributed by atoms with Crippen LogP contribution in [0, 0.1) is 5.92 Å². The number of hydrogen-bond acceptors (Lipinski definition) is 12. The van der Waals surface area contributed by atoms with Gasteiger partial charge in [0.2, 0.25) is 27.7 Å². The van der Waals surface area contributed by atoms with Crippen molar-refractivity contribution in [1.29, 1.82) is 0 Å². The van der Waals surface area contributed by atoms with Crippen molar-refractivity contribution in [2.24, 2.45) is 5.92 Å². The minimum atomic E-state index is -3.93. The van der Waals surface area contributed by atoms with Crippen LogP contribution in [-0.4, -0.2) is 113 Å².